The summed E-state index contributed by atoms with van der Waals surface area (Å²) in [7, 11) is 0. The normalized spacial score (nSPS) is 10.7. The zero-order valence-corrected chi connectivity index (χ0v) is 14.9. The minimum atomic E-state index is -1.12. The third kappa shape index (κ3) is 3.89. The summed E-state index contributed by atoms with van der Waals surface area (Å²) >= 11 is 0. The molecule has 1 heterocycles. The number of carbonyl (C=O) groups is 1. The van der Waals surface area contributed by atoms with Crippen LogP contribution < -0.4 is 5.32 Å². The Balaban J connectivity index is 1.75. The molecule has 0 aliphatic rings. The van der Waals surface area contributed by atoms with Crippen LogP contribution in [0, 0.1) is 17.5 Å². The van der Waals surface area contributed by atoms with E-state index in [1.165, 1.54) is 28.9 Å². The van der Waals surface area contributed by atoms with Gasteiger partial charge in [0.05, 0.1) is 11.4 Å². The Kier molecular flexibility index (Phi) is 4.87. The van der Waals surface area contributed by atoms with Gasteiger partial charge in [-0.05, 0) is 36.4 Å². The quantitative estimate of drug-likeness (QED) is 0.517. The molecule has 0 saturated carbocycles. The van der Waals surface area contributed by atoms with E-state index in [-0.39, 0.29) is 11.4 Å². The summed E-state index contributed by atoms with van der Waals surface area (Å²) in [6, 6.07) is 19.5. The molecule has 1 amide bonds. The minimum Gasteiger partial charge on any atom is -0.306 e. The largest absolute Gasteiger partial charge is 0.306 e. The molecule has 0 aliphatic heterocycles. The first kappa shape index (κ1) is 18.5. The van der Waals surface area contributed by atoms with E-state index in [0.29, 0.717) is 11.4 Å². The lowest BCUT2D eigenvalue weighted by Gasteiger charge is -2.09. The molecule has 4 rings (SSSR count). The molecule has 0 atom stereocenters. The lowest BCUT2D eigenvalue weighted by molar-refractivity contribution is 0.102. The van der Waals surface area contributed by atoms with Crippen molar-refractivity contribution in [3.63, 3.8) is 0 Å². The molecule has 4 nitrogen and oxygen atoms in total. The second-order valence-electron chi connectivity index (χ2n) is 6.26. The van der Waals surface area contributed by atoms with Crippen LogP contribution in [-0.2, 0) is 0 Å². The smallest absolute Gasteiger partial charge is 0.256 e. The number of benzene rings is 3. The molecular formula is C22H14F3N3O. The van der Waals surface area contributed by atoms with E-state index in [2.05, 4.69) is 10.4 Å². The predicted molar refractivity (Wildman–Crippen MR) is 103 cm³/mol. The van der Waals surface area contributed by atoms with Gasteiger partial charge in [-0.2, -0.15) is 5.10 Å². The van der Waals surface area contributed by atoms with Crippen molar-refractivity contribution in [3.05, 3.63) is 102 Å². The van der Waals surface area contributed by atoms with Gasteiger partial charge in [0.25, 0.3) is 5.91 Å². The van der Waals surface area contributed by atoms with Crippen LogP contribution in [0.3, 0.4) is 0 Å². The number of hydrogen-bond donors (Lipinski definition) is 1. The van der Waals surface area contributed by atoms with Crippen molar-refractivity contribution in [1.82, 2.24) is 9.78 Å². The van der Waals surface area contributed by atoms with Crippen molar-refractivity contribution in [2.24, 2.45) is 0 Å². The first-order valence-corrected chi connectivity index (χ1v) is 8.69. The van der Waals surface area contributed by atoms with Gasteiger partial charge < -0.3 is 5.32 Å². The van der Waals surface area contributed by atoms with Gasteiger partial charge in [-0.3, -0.25) is 4.79 Å². The van der Waals surface area contributed by atoms with Crippen molar-refractivity contribution in [2.75, 3.05) is 5.32 Å². The Morgan fingerprint density at radius 2 is 1.62 bits per heavy atom. The summed E-state index contributed by atoms with van der Waals surface area (Å²) in [5.74, 6) is -3.03. The van der Waals surface area contributed by atoms with Crippen molar-refractivity contribution < 1.29 is 18.0 Å². The second kappa shape index (κ2) is 7.63. The van der Waals surface area contributed by atoms with Crippen LogP contribution in [0.4, 0.5) is 19.0 Å². The van der Waals surface area contributed by atoms with Crippen molar-refractivity contribution in [1.29, 1.82) is 0 Å². The van der Waals surface area contributed by atoms with Gasteiger partial charge in [0, 0.05) is 17.2 Å². The molecule has 1 N–H and O–H groups in total. The predicted octanol–water partition coefficient (Wildman–Crippen LogP) is 5.21. The van der Waals surface area contributed by atoms with Crippen molar-refractivity contribution in [3.8, 4) is 16.9 Å². The molecule has 4 aromatic rings. The standard InChI is InChI=1S/C22H14F3N3O/c23-16-7-4-8-17(12-16)28-21(13-20(27-28)14-5-2-1-3-6-14)26-22(29)15-9-10-18(24)19(25)11-15/h1-13H,(H,26,29). The molecule has 1 aromatic heterocycles. The summed E-state index contributed by atoms with van der Waals surface area (Å²) in [4.78, 5) is 12.6. The Bertz CT molecular complexity index is 1190. The van der Waals surface area contributed by atoms with Crippen molar-refractivity contribution in [2.45, 2.75) is 0 Å². The number of aromatic nitrogens is 2. The lowest BCUT2D eigenvalue weighted by Crippen LogP contribution is -2.15. The Morgan fingerprint density at radius 1 is 0.828 bits per heavy atom. The molecule has 29 heavy (non-hydrogen) atoms. The fourth-order valence-corrected chi connectivity index (χ4v) is 2.85. The summed E-state index contributed by atoms with van der Waals surface area (Å²) in [6.45, 7) is 0. The maximum atomic E-state index is 13.7. The molecule has 0 unspecified atom stereocenters. The molecule has 0 fully saturated rings. The summed E-state index contributed by atoms with van der Waals surface area (Å²) in [5, 5.41) is 7.10. The van der Waals surface area contributed by atoms with Crippen LogP contribution in [-0.4, -0.2) is 15.7 Å². The number of nitrogens with zero attached hydrogens (tertiary/aromatic N) is 2. The Hall–Kier alpha value is -3.87. The van der Waals surface area contributed by atoms with Crippen molar-refractivity contribution >= 4 is 11.7 Å². The van der Waals surface area contributed by atoms with Crippen LogP contribution >= 0.6 is 0 Å². The number of carbonyl (C=O) groups excluding carboxylic acids is 1. The molecule has 144 valence electrons. The summed E-state index contributed by atoms with van der Waals surface area (Å²) in [5.41, 5.74) is 1.69. The van der Waals surface area contributed by atoms with Gasteiger partial charge in [-0.25, -0.2) is 17.9 Å². The summed E-state index contributed by atoms with van der Waals surface area (Å²) in [6.07, 6.45) is 0. The second-order valence-corrected chi connectivity index (χ2v) is 6.26. The molecule has 0 aliphatic carbocycles. The van der Waals surface area contributed by atoms with Crippen LogP contribution in [0.15, 0.2) is 78.9 Å². The molecule has 0 spiro atoms. The van der Waals surface area contributed by atoms with Crippen LogP contribution in [0.2, 0.25) is 0 Å². The first-order valence-electron chi connectivity index (χ1n) is 8.69. The van der Waals surface area contributed by atoms with E-state index in [9.17, 15) is 18.0 Å². The molecule has 3 aromatic carbocycles. The van der Waals surface area contributed by atoms with Gasteiger partial charge in [0.2, 0.25) is 0 Å². The van der Waals surface area contributed by atoms with E-state index in [0.717, 1.165) is 17.7 Å². The fourth-order valence-electron chi connectivity index (χ4n) is 2.85. The number of amides is 1. The minimum absolute atomic E-state index is 0.0582. The zero-order valence-electron chi connectivity index (χ0n) is 14.9. The molecule has 7 heteroatoms. The maximum absolute atomic E-state index is 13.7. The third-order valence-electron chi connectivity index (χ3n) is 4.26. The average Bonchev–Trinajstić information content (AvgIpc) is 3.14. The van der Waals surface area contributed by atoms with E-state index >= 15 is 0 Å². The van der Waals surface area contributed by atoms with Crippen LogP contribution in [0.1, 0.15) is 10.4 Å². The van der Waals surface area contributed by atoms with E-state index in [1.807, 2.05) is 30.3 Å². The highest BCUT2D eigenvalue weighted by molar-refractivity contribution is 6.04. The summed E-state index contributed by atoms with van der Waals surface area (Å²) < 4.78 is 41.7. The number of anilines is 1. The van der Waals surface area contributed by atoms with Gasteiger partial charge in [0.1, 0.15) is 11.6 Å². The first-order chi connectivity index (χ1) is 14.0. The highest BCUT2D eigenvalue weighted by Crippen LogP contribution is 2.25. The zero-order chi connectivity index (χ0) is 20.4. The third-order valence-corrected chi connectivity index (χ3v) is 4.26. The number of rotatable bonds is 4. The van der Waals surface area contributed by atoms with Crippen LogP contribution in [0.5, 0.6) is 0 Å². The van der Waals surface area contributed by atoms with Gasteiger partial charge >= 0.3 is 0 Å². The average molecular weight is 393 g/mol. The fraction of sp³-hybridized carbons (Fsp3) is 0. The number of hydrogen-bond acceptors (Lipinski definition) is 2. The highest BCUT2D eigenvalue weighted by Gasteiger charge is 2.16. The Morgan fingerprint density at radius 3 is 2.34 bits per heavy atom. The lowest BCUT2D eigenvalue weighted by atomic mass is 10.1. The van der Waals surface area contributed by atoms with Gasteiger partial charge in [-0.15, -0.1) is 0 Å². The molecule has 0 bridgehead atoms. The van der Waals surface area contributed by atoms with E-state index in [1.54, 1.807) is 12.1 Å². The van der Waals surface area contributed by atoms with Crippen LogP contribution in [0.25, 0.3) is 16.9 Å². The highest BCUT2D eigenvalue weighted by atomic mass is 19.2. The Labute approximate surface area is 164 Å². The number of nitrogens with one attached hydrogen (secondary N) is 1. The SMILES string of the molecule is O=C(Nc1cc(-c2ccccc2)nn1-c1cccc(F)c1)c1ccc(F)c(F)c1. The van der Waals surface area contributed by atoms with Gasteiger partial charge in [0.15, 0.2) is 11.6 Å². The maximum Gasteiger partial charge on any atom is 0.256 e. The molecule has 0 saturated heterocycles. The molecule has 0 radical (unpaired) electrons. The number of halogens is 3. The topological polar surface area (TPSA) is 46.9 Å². The van der Waals surface area contributed by atoms with E-state index in [4.69, 9.17) is 0 Å². The van der Waals surface area contributed by atoms with E-state index < -0.39 is 23.4 Å². The monoisotopic (exact) mass is 393 g/mol. The van der Waals surface area contributed by atoms with Gasteiger partial charge in [-0.1, -0.05) is 36.4 Å². The molecular weight excluding hydrogens is 379 g/mol.